The fraction of sp³-hybridized carbons (Fsp3) is 0.235. The average molecular weight is 331 g/mol. The molecule has 3 heterocycles. The largest absolute Gasteiger partial charge is 0.349 e. The standard InChI is InChI=1S/C17H15ClN2OS/c18-15-13-3-1-2-4-14(13)19-16(15)17(21)20-8-12(9-20)7-11-5-6-22-10-11/h1-6,10,12,19H,7-9H2. The monoisotopic (exact) mass is 330 g/mol. The summed E-state index contributed by atoms with van der Waals surface area (Å²) in [5, 5.41) is 5.71. The van der Waals surface area contributed by atoms with Gasteiger partial charge in [0.05, 0.1) is 5.02 Å². The van der Waals surface area contributed by atoms with E-state index in [0.29, 0.717) is 16.6 Å². The number of likely N-dealkylation sites (tertiary alicyclic amines) is 1. The number of rotatable bonds is 3. The Kier molecular flexibility index (Phi) is 3.43. The van der Waals surface area contributed by atoms with E-state index < -0.39 is 0 Å². The second-order valence-corrected chi connectivity index (χ2v) is 6.93. The summed E-state index contributed by atoms with van der Waals surface area (Å²) < 4.78 is 0. The molecule has 5 heteroatoms. The maximum atomic E-state index is 12.6. The van der Waals surface area contributed by atoms with Crippen LogP contribution in [0, 0.1) is 5.92 Å². The second kappa shape index (κ2) is 5.45. The Morgan fingerprint density at radius 1 is 1.32 bits per heavy atom. The number of amides is 1. The third-order valence-corrected chi connectivity index (χ3v) is 5.33. The van der Waals surface area contributed by atoms with E-state index in [2.05, 4.69) is 21.8 Å². The van der Waals surface area contributed by atoms with E-state index in [-0.39, 0.29) is 5.91 Å². The molecular weight excluding hydrogens is 316 g/mol. The summed E-state index contributed by atoms with van der Waals surface area (Å²) >= 11 is 8.07. The molecule has 0 unspecified atom stereocenters. The van der Waals surface area contributed by atoms with Gasteiger partial charge in [0, 0.05) is 24.0 Å². The lowest BCUT2D eigenvalue weighted by molar-refractivity contribution is 0.0496. The molecule has 1 amide bonds. The van der Waals surface area contributed by atoms with Crippen LogP contribution < -0.4 is 0 Å². The first kappa shape index (κ1) is 13.9. The van der Waals surface area contributed by atoms with Gasteiger partial charge in [-0.15, -0.1) is 0 Å². The molecule has 0 spiro atoms. The number of halogens is 1. The highest BCUT2D eigenvalue weighted by Crippen LogP contribution is 2.30. The quantitative estimate of drug-likeness (QED) is 0.767. The number of nitrogens with one attached hydrogen (secondary N) is 1. The number of H-pyrrole nitrogens is 1. The molecular formula is C17H15ClN2OS. The lowest BCUT2D eigenvalue weighted by atomic mass is 9.93. The summed E-state index contributed by atoms with van der Waals surface area (Å²) in [6, 6.07) is 9.89. The van der Waals surface area contributed by atoms with Crippen molar-refractivity contribution in [2.75, 3.05) is 13.1 Å². The van der Waals surface area contributed by atoms with Gasteiger partial charge in [0.15, 0.2) is 0 Å². The molecule has 1 N–H and O–H groups in total. The summed E-state index contributed by atoms with van der Waals surface area (Å²) in [4.78, 5) is 17.6. The van der Waals surface area contributed by atoms with Gasteiger partial charge in [0.25, 0.3) is 5.91 Å². The Morgan fingerprint density at radius 3 is 2.86 bits per heavy atom. The molecule has 0 radical (unpaired) electrons. The normalized spacial score (nSPS) is 15.2. The van der Waals surface area contributed by atoms with Crippen molar-refractivity contribution in [2.45, 2.75) is 6.42 Å². The van der Waals surface area contributed by atoms with Crippen molar-refractivity contribution in [3.05, 3.63) is 57.4 Å². The molecule has 2 aromatic heterocycles. The summed E-state index contributed by atoms with van der Waals surface area (Å²) in [5.41, 5.74) is 2.79. The first-order valence-corrected chi connectivity index (χ1v) is 8.61. The van der Waals surface area contributed by atoms with Gasteiger partial charge < -0.3 is 9.88 Å². The maximum Gasteiger partial charge on any atom is 0.271 e. The van der Waals surface area contributed by atoms with Gasteiger partial charge in [-0.05, 0) is 40.8 Å². The van der Waals surface area contributed by atoms with Gasteiger partial charge >= 0.3 is 0 Å². The number of benzene rings is 1. The van der Waals surface area contributed by atoms with E-state index in [1.807, 2.05) is 29.2 Å². The molecule has 22 heavy (non-hydrogen) atoms. The highest BCUT2D eigenvalue weighted by Gasteiger charge is 2.33. The van der Waals surface area contributed by atoms with Crippen LogP contribution in [0.4, 0.5) is 0 Å². The van der Waals surface area contributed by atoms with Crippen molar-refractivity contribution < 1.29 is 4.79 Å². The summed E-state index contributed by atoms with van der Waals surface area (Å²) in [6.07, 6.45) is 1.05. The number of hydrogen-bond acceptors (Lipinski definition) is 2. The number of aromatic nitrogens is 1. The molecule has 1 aliphatic heterocycles. The zero-order valence-corrected chi connectivity index (χ0v) is 13.5. The van der Waals surface area contributed by atoms with Gasteiger partial charge in [0.1, 0.15) is 5.69 Å². The number of aromatic amines is 1. The number of thiophene rings is 1. The lowest BCUT2D eigenvalue weighted by Crippen LogP contribution is -2.50. The third-order valence-electron chi connectivity index (χ3n) is 4.21. The number of fused-ring (bicyclic) bond motifs is 1. The van der Waals surface area contributed by atoms with E-state index in [4.69, 9.17) is 11.6 Å². The van der Waals surface area contributed by atoms with Crippen molar-refractivity contribution in [3.63, 3.8) is 0 Å². The fourth-order valence-corrected chi connectivity index (χ4v) is 3.99. The topological polar surface area (TPSA) is 36.1 Å². The van der Waals surface area contributed by atoms with Gasteiger partial charge in [-0.2, -0.15) is 11.3 Å². The SMILES string of the molecule is O=C(c1[nH]c2ccccc2c1Cl)N1CC(Cc2ccsc2)C1. The number of hydrogen-bond donors (Lipinski definition) is 1. The number of para-hydroxylation sites is 1. The van der Waals surface area contributed by atoms with Crippen LogP contribution in [-0.4, -0.2) is 28.9 Å². The van der Waals surface area contributed by atoms with Crippen LogP contribution in [0.2, 0.25) is 5.02 Å². The molecule has 112 valence electrons. The zero-order valence-electron chi connectivity index (χ0n) is 11.9. The lowest BCUT2D eigenvalue weighted by Gasteiger charge is -2.39. The summed E-state index contributed by atoms with van der Waals surface area (Å²) in [6.45, 7) is 1.61. The summed E-state index contributed by atoms with van der Waals surface area (Å²) in [5.74, 6) is 0.560. The van der Waals surface area contributed by atoms with Crippen molar-refractivity contribution in [1.82, 2.24) is 9.88 Å². The van der Waals surface area contributed by atoms with Crippen LogP contribution in [-0.2, 0) is 6.42 Å². The maximum absolute atomic E-state index is 12.6. The molecule has 0 bridgehead atoms. The Hall–Kier alpha value is -1.78. The van der Waals surface area contributed by atoms with Crippen molar-refractivity contribution >= 4 is 39.7 Å². The number of carbonyl (C=O) groups excluding carboxylic acids is 1. The molecule has 3 nitrogen and oxygen atoms in total. The molecule has 0 aliphatic carbocycles. The van der Waals surface area contributed by atoms with Crippen LogP contribution >= 0.6 is 22.9 Å². The minimum absolute atomic E-state index is 0.00256. The van der Waals surface area contributed by atoms with Gasteiger partial charge in [-0.25, -0.2) is 0 Å². The predicted molar refractivity (Wildman–Crippen MR) is 90.7 cm³/mol. The van der Waals surface area contributed by atoms with Crippen LogP contribution in [0.3, 0.4) is 0 Å². The van der Waals surface area contributed by atoms with E-state index in [0.717, 1.165) is 30.4 Å². The van der Waals surface area contributed by atoms with Crippen molar-refractivity contribution in [3.8, 4) is 0 Å². The molecule has 4 rings (SSSR count). The van der Waals surface area contributed by atoms with E-state index in [9.17, 15) is 4.79 Å². The van der Waals surface area contributed by atoms with Crippen LogP contribution in [0.15, 0.2) is 41.1 Å². The molecule has 0 saturated carbocycles. The van der Waals surface area contributed by atoms with Crippen LogP contribution in [0.1, 0.15) is 16.1 Å². The number of nitrogens with zero attached hydrogens (tertiary/aromatic N) is 1. The van der Waals surface area contributed by atoms with Gasteiger partial charge in [0.2, 0.25) is 0 Å². The smallest absolute Gasteiger partial charge is 0.271 e. The molecule has 0 atom stereocenters. The van der Waals surface area contributed by atoms with Gasteiger partial charge in [-0.1, -0.05) is 29.8 Å². The molecule has 1 aliphatic rings. The average Bonchev–Trinajstić information content (AvgIpc) is 3.10. The zero-order chi connectivity index (χ0) is 15.1. The number of carbonyl (C=O) groups is 1. The van der Waals surface area contributed by atoms with Crippen molar-refractivity contribution in [1.29, 1.82) is 0 Å². The summed E-state index contributed by atoms with van der Waals surface area (Å²) in [7, 11) is 0. The Labute approximate surface area is 137 Å². The van der Waals surface area contributed by atoms with Gasteiger partial charge in [-0.3, -0.25) is 4.79 Å². The second-order valence-electron chi connectivity index (χ2n) is 5.77. The Bertz CT molecular complexity index is 818. The van der Waals surface area contributed by atoms with E-state index >= 15 is 0 Å². The minimum atomic E-state index is 0.00256. The van der Waals surface area contributed by atoms with Crippen LogP contribution in [0.5, 0.6) is 0 Å². The first-order valence-electron chi connectivity index (χ1n) is 7.29. The van der Waals surface area contributed by atoms with E-state index in [1.165, 1.54) is 5.56 Å². The molecule has 1 fully saturated rings. The molecule has 3 aromatic rings. The Balaban J connectivity index is 1.47. The molecule has 1 saturated heterocycles. The van der Waals surface area contributed by atoms with E-state index in [1.54, 1.807) is 11.3 Å². The highest BCUT2D eigenvalue weighted by molar-refractivity contribution is 7.07. The predicted octanol–water partition coefficient (Wildman–Crippen LogP) is 4.20. The molecule has 1 aromatic carbocycles. The van der Waals surface area contributed by atoms with Crippen LogP contribution in [0.25, 0.3) is 10.9 Å². The minimum Gasteiger partial charge on any atom is -0.349 e. The Morgan fingerprint density at radius 2 is 2.14 bits per heavy atom. The fourth-order valence-electron chi connectivity index (χ4n) is 3.02. The third kappa shape index (κ3) is 2.32. The first-order chi connectivity index (χ1) is 10.7. The van der Waals surface area contributed by atoms with Crippen molar-refractivity contribution in [2.24, 2.45) is 5.92 Å². The highest BCUT2D eigenvalue weighted by atomic mass is 35.5.